The van der Waals surface area contributed by atoms with Crippen LogP contribution in [0.15, 0.2) is 35.1 Å². The molecule has 0 spiro atoms. The van der Waals surface area contributed by atoms with Gasteiger partial charge >= 0.3 is 0 Å². The largest absolute Gasteiger partial charge is 0.349 e. The summed E-state index contributed by atoms with van der Waals surface area (Å²) in [7, 11) is -5.11. The Balaban J connectivity index is 1.15. The van der Waals surface area contributed by atoms with Crippen LogP contribution in [0, 0.1) is 0 Å². The number of sulfonamides is 2. The van der Waals surface area contributed by atoms with Crippen LogP contribution in [-0.4, -0.2) is 104 Å². The molecule has 2 aromatic rings. The number of benzene rings is 1. The van der Waals surface area contributed by atoms with Crippen molar-refractivity contribution in [2.45, 2.75) is 89.0 Å². The number of rotatable bonds is 10. The fourth-order valence-corrected chi connectivity index (χ4v) is 9.64. The van der Waals surface area contributed by atoms with Gasteiger partial charge in [0, 0.05) is 50.3 Å². The highest BCUT2D eigenvalue weighted by Crippen LogP contribution is 2.36. The lowest BCUT2D eigenvalue weighted by molar-refractivity contribution is 0.0844. The van der Waals surface area contributed by atoms with Gasteiger partial charge in [-0.2, -0.15) is 0 Å². The summed E-state index contributed by atoms with van der Waals surface area (Å²) in [5, 5.41) is 4.01. The highest BCUT2D eigenvalue weighted by Gasteiger charge is 2.41. The quantitative estimate of drug-likeness (QED) is 0.425. The second kappa shape index (κ2) is 12.6. The maximum Gasteiger partial charge on any atom is 0.264 e. The van der Waals surface area contributed by atoms with Gasteiger partial charge in [0.2, 0.25) is 20.0 Å². The van der Waals surface area contributed by atoms with Crippen molar-refractivity contribution >= 4 is 36.9 Å². The number of carbonyl (C=O) groups is 1. The Hall–Kier alpha value is -2.32. The van der Waals surface area contributed by atoms with Gasteiger partial charge in [-0.15, -0.1) is 0 Å². The van der Waals surface area contributed by atoms with Crippen LogP contribution < -0.4 is 10.9 Å². The molecule has 43 heavy (non-hydrogen) atoms. The van der Waals surface area contributed by atoms with Gasteiger partial charge in [-0.05, 0) is 82.9 Å². The van der Waals surface area contributed by atoms with E-state index in [0.29, 0.717) is 38.9 Å². The molecule has 1 N–H and O–H groups in total. The Morgan fingerprint density at radius 1 is 1.02 bits per heavy atom. The van der Waals surface area contributed by atoms with E-state index in [1.807, 2.05) is 38.1 Å². The monoisotopic (exact) mass is 635 g/mol. The molecule has 1 aromatic carbocycles. The highest BCUT2D eigenvalue weighted by molar-refractivity contribution is 7.89. The number of nitrogens with one attached hydrogen (secondary N) is 1. The molecule has 2 unspecified atom stereocenters. The number of para-hydroxylation sites is 1. The summed E-state index contributed by atoms with van der Waals surface area (Å²) >= 11 is 0. The van der Waals surface area contributed by atoms with Crippen LogP contribution in [0.5, 0.6) is 0 Å². The second-order valence-electron chi connectivity index (χ2n) is 12.7. The van der Waals surface area contributed by atoms with Crippen molar-refractivity contribution in [3.05, 3.63) is 46.2 Å². The number of hydrogen-bond donors (Lipinski definition) is 1. The van der Waals surface area contributed by atoms with E-state index in [1.165, 1.54) is 14.9 Å². The molecule has 0 radical (unpaired) electrons. The molecule has 4 heterocycles. The van der Waals surface area contributed by atoms with E-state index < -0.39 is 20.0 Å². The number of aromatic nitrogens is 1. The van der Waals surface area contributed by atoms with E-state index in [9.17, 15) is 26.4 Å². The third-order valence-corrected chi connectivity index (χ3v) is 12.9. The van der Waals surface area contributed by atoms with Gasteiger partial charge in [0.15, 0.2) is 0 Å². The first kappa shape index (κ1) is 32.1. The predicted molar refractivity (Wildman–Crippen MR) is 168 cm³/mol. The predicted octanol–water partition coefficient (Wildman–Crippen LogP) is 2.38. The van der Waals surface area contributed by atoms with Crippen LogP contribution >= 0.6 is 0 Å². The average Bonchev–Trinajstić information content (AvgIpc) is 3.18. The lowest BCUT2D eigenvalue weighted by Crippen LogP contribution is -2.51. The number of amides is 1. The Morgan fingerprint density at radius 2 is 1.65 bits per heavy atom. The van der Waals surface area contributed by atoms with Crippen LogP contribution in [0.2, 0.25) is 0 Å². The summed E-state index contributed by atoms with van der Waals surface area (Å²) in [6.45, 7) is 5.24. The molecule has 0 saturated carbocycles. The third-order valence-electron chi connectivity index (χ3n) is 9.59. The summed E-state index contributed by atoms with van der Waals surface area (Å²) in [5.41, 5.74) is 0.702. The minimum absolute atomic E-state index is 0.0349. The molecule has 1 aromatic heterocycles. The van der Waals surface area contributed by atoms with Crippen LogP contribution in [0.4, 0.5) is 0 Å². The van der Waals surface area contributed by atoms with Gasteiger partial charge in [-0.3, -0.25) is 14.5 Å². The first-order valence-corrected chi connectivity index (χ1v) is 18.8. The van der Waals surface area contributed by atoms with Crippen molar-refractivity contribution in [1.29, 1.82) is 0 Å². The summed E-state index contributed by atoms with van der Waals surface area (Å²) in [6.07, 6.45) is 6.28. The Morgan fingerprint density at radius 3 is 2.26 bits per heavy atom. The molecule has 13 heteroatoms. The maximum atomic E-state index is 13.4. The summed E-state index contributed by atoms with van der Waals surface area (Å²) in [5.74, 6) is -0.282. The van der Waals surface area contributed by atoms with E-state index in [0.717, 1.165) is 36.6 Å². The van der Waals surface area contributed by atoms with Crippen molar-refractivity contribution in [1.82, 2.24) is 23.4 Å². The number of piperidine rings is 2. The van der Waals surface area contributed by atoms with Crippen molar-refractivity contribution in [3.63, 3.8) is 0 Å². The van der Waals surface area contributed by atoms with Crippen molar-refractivity contribution in [3.8, 4) is 0 Å². The molecule has 3 fully saturated rings. The number of pyridine rings is 1. The van der Waals surface area contributed by atoms with Gasteiger partial charge in [0.05, 0.1) is 17.5 Å². The molecule has 238 valence electrons. The van der Waals surface area contributed by atoms with Gasteiger partial charge in [-0.1, -0.05) is 18.2 Å². The molecule has 5 rings (SSSR count). The van der Waals surface area contributed by atoms with Gasteiger partial charge in [0.25, 0.3) is 11.5 Å². The van der Waals surface area contributed by atoms with E-state index >= 15 is 0 Å². The normalized spacial score (nSPS) is 24.3. The number of carbonyl (C=O) groups excluding carboxylic acids is 1. The van der Waals surface area contributed by atoms with Crippen LogP contribution in [0.25, 0.3) is 10.9 Å². The summed E-state index contributed by atoms with van der Waals surface area (Å²) in [6, 6.07) is 9.55. The lowest BCUT2D eigenvalue weighted by Gasteiger charge is -2.39. The highest BCUT2D eigenvalue weighted by atomic mass is 32.2. The smallest absolute Gasteiger partial charge is 0.264 e. The standard InChI is InChI=1S/C30H45N5O6S2/c1-21(2)35-28-9-6-5-8-22(28)18-27(30(35)37)29(36)31-23-19-25-10-11-26(20-23)34(25)14-7-17-43(40,41)32(3)24-12-15-33(16-13-24)42(4,38)39/h5-6,8-9,18,21,23-26H,7,10-17,19-20H2,1-4H3,(H,31,36). The summed E-state index contributed by atoms with van der Waals surface area (Å²) < 4.78 is 54.4. The zero-order valence-electron chi connectivity index (χ0n) is 25.6. The third kappa shape index (κ3) is 6.85. The van der Waals surface area contributed by atoms with Crippen LogP contribution in [0.1, 0.15) is 75.2 Å². The minimum Gasteiger partial charge on any atom is -0.349 e. The molecule has 3 saturated heterocycles. The molecule has 1 amide bonds. The van der Waals surface area contributed by atoms with Crippen LogP contribution in [0.3, 0.4) is 0 Å². The molecule has 2 bridgehead atoms. The number of nitrogens with zero attached hydrogens (tertiary/aromatic N) is 4. The first-order chi connectivity index (χ1) is 20.3. The van der Waals surface area contributed by atoms with Gasteiger partial charge in [0.1, 0.15) is 5.56 Å². The second-order valence-corrected chi connectivity index (χ2v) is 16.9. The fraction of sp³-hybridized carbons (Fsp3) is 0.667. The van der Waals surface area contributed by atoms with Crippen molar-refractivity contribution in [2.24, 2.45) is 0 Å². The van der Waals surface area contributed by atoms with E-state index in [2.05, 4.69) is 10.2 Å². The minimum atomic E-state index is -3.46. The van der Waals surface area contributed by atoms with E-state index in [1.54, 1.807) is 17.7 Å². The average molecular weight is 636 g/mol. The molecule has 3 aliphatic heterocycles. The SMILES string of the molecule is CC(C)n1c(=O)c(C(=O)NC2CC3CCC(C2)N3CCCS(=O)(=O)N(C)C2CCN(S(C)(=O)=O)CC2)cc2ccccc21. The Kier molecular flexibility index (Phi) is 9.39. The fourth-order valence-electron chi connectivity index (χ4n) is 7.32. The van der Waals surface area contributed by atoms with E-state index in [-0.39, 0.29) is 53.0 Å². The Bertz CT molecular complexity index is 1600. The number of hydrogen-bond acceptors (Lipinski definition) is 7. The number of fused-ring (bicyclic) bond motifs is 3. The zero-order valence-corrected chi connectivity index (χ0v) is 27.2. The molecular formula is C30H45N5O6S2. The molecular weight excluding hydrogens is 590 g/mol. The lowest BCUT2D eigenvalue weighted by atomic mass is 9.96. The molecule has 11 nitrogen and oxygen atoms in total. The van der Waals surface area contributed by atoms with E-state index in [4.69, 9.17) is 0 Å². The molecule has 3 aliphatic rings. The topological polar surface area (TPSA) is 129 Å². The van der Waals surface area contributed by atoms with Gasteiger partial charge < -0.3 is 9.88 Å². The Labute approximate surface area is 255 Å². The van der Waals surface area contributed by atoms with Crippen LogP contribution in [-0.2, 0) is 20.0 Å². The van der Waals surface area contributed by atoms with Gasteiger partial charge in [-0.25, -0.2) is 25.4 Å². The molecule has 2 atom stereocenters. The van der Waals surface area contributed by atoms with Crippen molar-refractivity contribution < 1.29 is 21.6 Å². The summed E-state index contributed by atoms with van der Waals surface area (Å²) in [4.78, 5) is 29.1. The maximum absolute atomic E-state index is 13.4. The van der Waals surface area contributed by atoms with Crippen molar-refractivity contribution in [2.75, 3.05) is 38.7 Å². The molecule has 0 aliphatic carbocycles. The first-order valence-electron chi connectivity index (χ1n) is 15.4. The zero-order chi connectivity index (χ0) is 31.1.